The average Bonchev–Trinajstić information content (AvgIpc) is 3.09. The van der Waals surface area contributed by atoms with Gasteiger partial charge in [0.1, 0.15) is 23.2 Å². The van der Waals surface area contributed by atoms with Gasteiger partial charge in [-0.1, -0.05) is 6.07 Å². The number of nitrogens with one attached hydrogen (secondary N) is 1. The molecule has 3 N–H and O–H groups in total. The molecule has 4 aromatic rings. The van der Waals surface area contributed by atoms with Gasteiger partial charge in [0.15, 0.2) is 11.3 Å². The fraction of sp³-hybridized carbons (Fsp3) is 0.188. The molecule has 0 saturated carbocycles. The van der Waals surface area contributed by atoms with Gasteiger partial charge in [-0.15, -0.1) is 0 Å². The Morgan fingerprint density at radius 1 is 1.27 bits per heavy atom. The van der Waals surface area contributed by atoms with Gasteiger partial charge in [0.2, 0.25) is 0 Å². The summed E-state index contributed by atoms with van der Waals surface area (Å²) in [5.74, 6) is -0.461. The first kappa shape index (κ1) is 15.8. The Morgan fingerprint density at radius 2 is 2.08 bits per heavy atom. The minimum absolute atomic E-state index is 0.152. The molecule has 132 valence electrons. The minimum Gasteiger partial charge on any atom is -0.408 e. The molecule has 3 aromatic heterocycles. The first-order chi connectivity index (χ1) is 12.5. The average molecular weight is 353 g/mol. The molecule has 0 atom stereocenters. The van der Waals surface area contributed by atoms with Crippen molar-refractivity contribution >= 4 is 33.9 Å². The van der Waals surface area contributed by atoms with Gasteiger partial charge < -0.3 is 15.5 Å². The number of benzene rings is 1. The lowest BCUT2D eigenvalue weighted by atomic mass is 10.2. The number of nitrogen functional groups attached to an aromatic ring is 1. The first-order valence-corrected chi connectivity index (χ1v) is 7.75. The van der Waals surface area contributed by atoms with E-state index in [1.54, 1.807) is 32.3 Å². The van der Waals surface area contributed by atoms with Gasteiger partial charge >= 0.3 is 5.76 Å². The third kappa shape index (κ3) is 2.39. The lowest BCUT2D eigenvalue weighted by molar-refractivity contribution is 0.0947. The molecule has 0 spiro atoms. The zero-order valence-corrected chi connectivity index (χ0v) is 14.1. The van der Waals surface area contributed by atoms with Crippen LogP contribution >= 0.6 is 0 Å². The van der Waals surface area contributed by atoms with Gasteiger partial charge in [-0.3, -0.25) is 14.0 Å². The summed E-state index contributed by atoms with van der Waals surface area (Å²) in [7, 11) is 3.29. The van der Waals surface area contributed by atoms with E-state index in [2.05, 4.69) is 20.4 Å². The number of fused-ring (bicyclic) bond motifs is 2. The van der Waals surface area contributed by atoms with Crippen molar-refractivity contribution in [3.8, 4) is 0 Å². The summed E-state index contributed by atoms with van der Waals surface area (Å²) >= 11 is 0. The number of oxazole rings is 1. The molecule has 0 bridgehead atoms. The summed E-state index contributed by atoms with van der Waals surface area (Å²) in [6.45, 7) is 0.252. The lowest BCUT2D eigenvalue weighted by Gasteiger charge is -2.05. The predicted molar refractivity (Wildman–Crippen MR) is 93.3 cm³/mol. The van der Waals surface area contributed by atoms with Crippen LogP contribution in [0.25, 0.3) is 22.1 Å². The number of carbonyl (C=O) groups excluding carboxylic acids is 1. The third-order valence-electron chi connectivity index (χ3n) is 4.19. The second kappa shape index (κ2) is 5.69. The van der Waals surface area contributed by atoms with Crippen LogP contribution in [0.2, 0.25) is 0 Å². The van der Waals surface area contributed by atoms with Crippen LogP contribution in [0, 0.1) is 0 Å². The molecule has 10 nitrogen and oxygen atoms in total. The third-order valence-corrected chi connectivity index (χ3v) is 4.19. The van der Waals surface area contributed by atoms with Crippen LogP contribution in [-0.2, 0) is 20.6 Å². The second-order valence-corrected chi connectivity index (χ2v) is 5.84. The molecular formula is C16H15N7O3. The van der Waals surface area contributed by atoms with Crippen LogP contribution < -0.4 is 16.8 Å². The van der Waals surface area contributed by atoms with E-state index >= 15 is 0 Å². The van der Waals surface area contributed by atoms with Crippen LogP contribution in [0.15, 0.2) is 33.7 Å². The molecule has 0 saturated heterocycles. The first-order valence-electron chi connectivity index (χ1n) is 7.75. The van der Waals surface area contributed by atoms with Crippen molar-refractivity contribution in [1.29, 1.82) is 0 Å². The largest absolute Gasteiger partial charge is 0.419 e. The number of hydrogen-bond donors (Lipinski definition) is 2. The molecular weight excluding hydrogens is 338 g/mol. The molecule has 4 rings (SSSR count). The number of hydrogen-bond acceptors (Lipinski definition) is 7. The topological polar surface area (TPSA) is 134 Å². The van der Waals surface area contributed by atoms with E-state index in [4.69, 9.17) is 10.2 Å². The van der Waals surface area contributed by atoms with E-state index in [1.165, 1.54) is 15.6 Å². The SMILES string of the molecule is Cn1nc2c(C(=O)NCc3ccc4oc(=O)n(C)c4c3)ncnc2c1N. The molecule has 1 amide bonds. The summed E-state index contributed by atoms with van der Waals surface area (Å²) in [4.78, 5) is 32.2. The van der Waals surface area contributed by atoms with E-state index in [0.29, 0.717) is 28.0 Å². The van der Waals surface area contributed by atoms with Crippen molar-refractivity contribution in [2.75, 3.05) is 5.73 Å². The van der Waals surface area contributed by atoms with Crippen LogP contribution in [0.3, 0.4) is 0 Å². The molecule has 0 aliphatic rings. The number of nitrogens with zero attached hydrogens (tertiary/aromatic N) is 5. The molecule has 1 aromatic carbocycles. The monoisotopic (exact) mass is 353 g/mol. The maximum absolute atomic E-state index is 12.5. The number of aromatic nitrogens is 5. The smallest absolute Gasteiger partial charge is 0.408 e. The van der Waals surface area contributed by atoms with Gasteiger partial charge in [0.05, 0.1) is 5.52 Å². The Morgan fingerprint density at radius 3 is 2.88 bits per heavy atom. The summed E-state index contributed by atoms with van der Waals surface area (Å²) in [6.07, 6.45) is 1.28. The quantitative estimate of drug-likeness (QED) is 0.541. The Labute approximate surface area is 146 Å². The highest BCUT2D eigenvalue weighted by molar-refractivity contribution is 6.04. The fourth-order valence-electron chi connectivity index (χ4n) is 2.73. The molecule has 0 radical (unpaired) electrons. The van der Waals surface area contributed by atoms with E-state index in [0.717, 1.165) is 5.56 Å². The van der Waals surface area contributed by atoms with Crippen molar-refractivity contribution in [3.63, 3.8) is 0 Å². The molecule has 0 fully saturated rings. The van der Waals surface area contributed by atoms with Crippen LogP contribution in [0.5, 0.6) is 0 Å². The lowest BCUT2D eigenvalue weighted by Crippen LogP contribution is -2.24. The Bertz CT molecular complexity index is 1220. The van der Waals surface area contributed by atoms with E-state index in [1.807, 2.05) is 0 Å². The predicted octanol–water partition coefficient (Wildman–Crippen LogP) is 0.320. The number of rotatable bonds is 3. The van der Waals surface area contributed by atoms with Crippen LogP contribution in [0.1, 0.15) is 16.1 Å². The summed E-state index contributed by atoms with van der Waals surface area (Å²) < 4.78 is 7.95. The second-order valence-electron chi connectivity index (χ2n) is 5.84. The molecule has 26 heavy (non-hydrogen) atoms. The highest BCUT2D eigenvalue weighted by atomic mass is 16.4. The zero-order valence-electron chi connectivity index (χ0n) is 14.1. The summed E-state index contributed by atoms with van der Waals surface area (Å²) in [6, 6.07) is 5.26. The summed E-state index contributed by atoms with van der Waals surface area (Å²) in [5.41, 5.74) is 8.78. The molecule has 0 aliphatic heterocycles. The molecule has 3 heterocycles. The van der Waals surface area contributed by atoms with Crippen LogP contribution in [0.4, 0.5) is 5.82 Å². The van der Waals surface area contributed by atoms with E-state index < -0.39 is 11.7 Å². The highest BCUT2D eigenvalue weighted by Gasteiger charge is 2.18. The van der Waals surface area contributed by atoms with E-state index in [-0.39, 0.29) is 12.2 Å². The number of carbonyl (C=O) groups is 1. The Kier molecular flexibility index (Phi) is 3.46. The van der Waals surface area contributed by atoms with Gasteiger partial charge in [-0.2, -0.15) is 5.10 Å². The van der Waals surface area contributed by atoms with Crippen molar-refractivity contribution in [2.45, 2.75) is 6.54 Å². The number of anilines is 1. The maximum atomic E-state index is 12.5. The standard InChI is InChI=1S/C16H15N7O3/c1-22-9-5-8(3-4-10(9)26-16(22)25)6-18-15(24)13-11-12(19-7-20-13)14(17)23(2)21-11/h3-5,7H,6,17H2,1-2H3,(H,18,24). The summed E-state index contributed by atoms with van der Waals surface area (Å²) in [5, 5.41) is 6.99. The Balaban J connectivity index is 1.60. The highest BCUT2D eigenvalue weighted by Crippen LogP contribution is 2.19. The minimum atomic E-state index is -0.433. The van der Waals surface area contributed by atoms with Crippen molar-refractivity contribution < 1.29 is 9.21 Å². The van der Waals surface area contributed by atoms with Gasteiger partial charge in [-0.25, -0.2) is 14.8 Å². The zero-order chi connectivity index (χ0) is 18.4. The number of aryl methyl sites for hydroxylation is 2. The fourth-order valence-corrected chi connectivity index (χ4v) is 2.73. The number of nitrogens with two attached hydrogens (primary N) is 1. The van der Waals surface area contributed by atoms with Gasteiger partial charge in [-0.05, 0) is 17.7 Å². The van der Waals surface area contributed by atoms with Crippen LogP contribution in [-0.4, -0.2) is 30.2 Å². The Hall–Kier alpha value is -3.69. The normalized spacial score (nSPS) is 11.3. The van der Waals surface area contributed by atoms with Gasteiger partial charge in [0, 0.05) is 20.6 Å². The van der Waals surface area contributed by atoms with Crippen molar-refractivity contribution in [3.05, 3.63) is 46.3 Å². The van der Waals surface area contributed by atoms with Crippen molar-refractivity contribution in [2.24, 2.45) is 14.1 Å². The maximum Gasteiger partial charge on any atom is 0.419 e. The van der Waals surface area contributed by atoms with Crippen molar-refractivity contribution in [1.82, 2.24) is 29.6 Å². The molecule has 0 aliphatic carbocycles. The number of amides is 1. The molecule has 10 heteroatoms. The molecule has 0 unspecified atom stereocenters. The van der Waals surface area contributed by atoms with Gasteiger partial charge in [0.25, 0.3) is 5.91 Å². The van der Waals surface area contributed by atoms with E-state index in [9.17, 15) is 9.59 Å².